The zero-order chi connectivity index (χ0) is 22.3. The Morgan fingerprint density at radius 2 is 1.94 bits per heavy atom. The van der Waals surface area contributed by atoms with Gasteiger partial charge in [-0.15, -0.1) is 0 Å². The summed E-state index contributed by atoms with van der Waals surface area (Å²) in [6, 6.07) is 5.11. The maximum Gasteiger partial charge on any atom is 0.267 e. The van der Waals surface area contributed by atoms with E-state index in [1.54, 1.807) is 25.1 Å². The van der Waals surface area contributed by atoms with Crippen molar-refractivity contribution in [2.75, 3.05) is 0 Å². The molecule has 31 heavy (non-hydrogen) atoms. The van der Waals surface area contributed by atoms with Crippen LogP contribution in [0.4, 0.5) is 8.78 Å². The third-order valence-corrected chi connectivity index (χ3v) is 7.12. The number of ether oxygens (including phenoxy) is 1. The summed E-state index contributed by atoms with van der Waals surface area (Å²) in [5, 5.41) is 4.99. The molecule has 4 rings (SSSR count). The van der Waals surface area contributed by atoms with Crippen molar-refractivity contribution in [1.82, 2.24) is 5.16 Å². The van der Waals surface area contributed by atoms with Crippen molar-refractivity contribution >= 4 is 29.0 Å². The molecule has 3 atom stereocenters. The Kier molecular flexibility index (Phi) is 6.44. The first-order valence-corrected chi connectivity index (χ1v) is 11.4. The summed E-state index contributed by atoms with van der Waals surface area (Å²) in [4.78, 5) is 12.4. The number of aromatic nitrogens is 1. The molecule has 0 spiro atoms. The number of Topliss-reactive ketones (excluding diaryl/α,β-unsaturated/α-hetero) is 1. The number of benzene rings is 1. The molecular weight excluding hydrogens is 447 g/mol. The SMILES string of the molecule is CCC1CC(OCc2c(-c3c(Cl)cccc3Cl)noc2C2CC2)(C(F)F)CC(C)C1=O. The van der Waals surface area contributed by atoms with E-state index >= 15 is 0 Å². The topological polar surface area (TPSA) is 52.3 Å². The summed E-state index contributed by atoms with van der Waals surface area (Å²) in [5.41, 5.74) is -0.151. The van der Waals surface area contributed by atoms with Crippen LogP contribution in [-0.4, -0.2) is 23.0 Å². The maximum absolute atomic E-state index is 14.3. The summed E-state index contributed by atoms with van der Waals surface area (Å²) in [7, 11) is 0. The highest BCUT2D eigenvalue weighted by Gasteiger charge is 2.50. The number of ketones is 1. The summed E-state index contributed by atoms with van der Waals surface area (Å²) < 4.78 is 40.2. The minimum absolute atomic E-state index is 0.00771. The Hall–Kier alpha value is -1.50. The van der Waals surface area contributed by atoms with Crippen LogP contribution in [0.15, 0.2) is 22.7 Å². The Bertz CT molecular complexity index is 955. The number of hydrogen-bond acceptors (Lipinski definition) is 4. The van der Waals surface area contributed by atoms with Crippen LogP contribution < -0.4 is 0 Å². The molecule has 0 aliphatic heterocycles. The summed E-state index contributed by atoms with van der Waals surface area (Å²) >= 11 is 12.8. The van der Waals surface area contributed by atoms with E-state index in [1.165, 1.54) is 0 Å². The second-order valence-electron chi connectivity index (χ2n) is 8.72. The highest BCUT2D eigenvalue weighted by atomic mass is 35.5. The fourth-order valence-electron chi connectivity index (χ4n) is 4.59. The molecule has 2 saturated carbocycles. The van der Waals surface area contributed by atoms with E-state index in [0.717, 1.165) is 12.8 Å². The van der Waals surface area contributed by atoms with Crippen LogP contribution in [-0.2, 0) is 16.1 Å². The number of carbonyl (C=O) groups excluding carboxylic acids is 1. The van der Waals surface area contributed by atoms with Crippen LogP contribution in [0.25, 0.3) is 11.3 Å². The highest BCUT2D eigenvalue weighted by Crippen LogP contribution is 2.48. The number of nitrogens with zero attached hydrogens (tertiary/aromatic N) is 1. The molecule has 0 N–H and O–H groups in total. The molecule has 2 aliphatic rings. The van der Waals surface area contributed by atoms with Gasteiger partial charge in [-0.05, 0) is 44.2 Å². The van der Waals surface area contributed by atoms with Gasteiger partial charge in [-0.25, -0.2) is 8.78 Å². The number of hydrogen-bond donors (Lipinski definition) is 0. The van der Waals surface area contributed by atoms with Crippen LogP contribution in [0, 0.1) is 11.8 Å². The Morgan fingerprint density at radius 1 is 1.26 bits per heavy atom. The van der Waals surface area contributed by atoms with Crippen LogP contribution in [0.3, 0.4) is 0 Å². The average molecular weight is 472 g/mol. The molecule has 0 radical (unpaired) electrons. The van der Waals surface area contributed by atoms with Crippen molar-refractivity contribution in [2.24, 2.45) is 11.8 Å². The molecule has 168 valence electrons. The number of alkyl halides is 2. The molecular formula is C23H25Cl2F2NO3. The van der Waals surface area contributed by atoms with Crippen molar-refractivity contribution in [3.05, 3.63) is 39.6 Å². The van der Waals surface area contributed by atoms with Gasteiger partial charge in [-0.2, -0.15) is 0 Å². The Morgan fingerprint density at radius 3 is 2.52 bits per heavy atom. The smallest absolute Gasteiger partial charge is 0.267 e. The van der Waals surface area contributed by atoms with Crippen molar-refractivity contribution < 1.29 is 22.8 Å². The minimum Gasteiger partial charge on any atom is -0.364 e. The number of rotatable bonds is 7. The van der Waals surface area contributed by atoms with Crippen molar-refractivity contribution in [3.63, 3.8) is 0 Å². The van der Waals surface area contributed by atoms with Crippen LogP contribution in [0.1, 0.15) is 63.2 Å². The standard InChI is InChI=1S/C23H25Cl2F2NO3/c1-3-13-10-23(22(26)27,9-12(2)20(13)29)30-11-15-19(28-31-21(15)14-7-8-14)18-16(24)5-4-6-17(18)25/h4-6,12-14,22H,3,7-11H2,1-2H3. The predicted molar refractivity (Wildman–Crippen MR) is 115 cm³/mol. The lowest BCUT2D eigenvalue weighted by molar-refractivity contribution is -0.185. The van der Waals surface area contributed by atoms with Gasteiger partial charge in [0.05, 0.1) is 16.7 Å². The molecule has 2 aromatic rings. The van der Waals surface area contributed by atoms with Crippen LogP contribution in [0.5, 0.6) is 0 Å². The number of halogens is 4. The first kappa shape index (κ1) is 22.7. The van der Waals surface area contributed by atoms with Gasteiger partial charge in [0.1, 0.15) is 22.8 Å². The molecule has 2 fully saturated rings. The van der Waals surface area contributed by atoms with Gasteiger partial charge in [-0.3, -0.25) is 4.79 Å². The van der Waals surface area contributed by atoms with Crippen LogP contribution >= 0.6 is 23.2 Å². The molecule has 1 heterocycles. The maximum atomic E-state index is 14.3. The molecule has 1 aromatic carbocycles. The normalized spacial score (nSPS) is 26.6. The van der Waals surface area contributed by atoms with Crippen LogP contribution in [0.2, 0.25) is 10.0 Å². The second kappa shape index (κ2) is 8.80. The fourth-order valence-corrected chi connectivity index (χ4v) is 5.17. The van der Waals surface area contributed by atoms with Crippen molar-refractivity contribution in [2.45, 2.75) is 70.5 Å². The Balaban J connectivity index is 1.69. The van der Waals surface area contributed by atoms with E-state index in [2.05, 4.69) is 5.16 Å². The summed E-state index contributed by atoms with van der Waals surface area (Å²) in [6.45, 7) is 3.45. The lowest BCUT2D eigenvalue weighted by atomic mass is 9.71. The van der Waals surface area contributed by atoms with Crippen molar-refractivity contribution in [1.29, 1.82) is 0 Å². The van der Waals surface area contributed by atoms with E-state index in [-0.39, 0.29) is 31.1 Å². The largest absolute Gasteiger partial charge is 0.364 e. The molecule has 8 heteroatoms. The van der Waals surface area contributed by atoms with Crippen molar-refractivity contribution in [3.8, 4) is 11.3 Å². The molecule has 0 bridgehead atoms. The zero-order valence-electron chi connectivity index (χ0n) is 17.5. The predicted octanol–water partition coefficient (Wildman–Crippen LogP) is 7.07. The van der Waals surface area contributed by atoms with E-state index in [1.807, 2.05) is 6.92 Å². The van der Waals surface area contributed by atoms with E-state index in [4.69, 9.17) is 32.5 Å². The monoisotopic (exact) mass is 471 g/mol. The first-order valence-electron chi connectivity index (χ1n) is 10.7. The van der Waals surface area contributed by atoms with Gasteiger partial charge >= 0.3 is 0 Å². The van der Waals surface area contributed by atoms with E-state index < -0.39 is 23.9 Å². The van der Waals surface area contributed by atoms with Gasteiger partial charge in [0.25, 0.3) is 6.43 Å². The zero-order valence-corrected chi connectivity index (χ0v) is 19.0. The van der Waals surface area contributed by atoms with Gasteiger partial charge in [0, 0.05) is 28.9 Å². The molecule has 1 aromatic heterocycles. The fraction of sp³-hybridized carbons (Fsp3) is 0.565. The summed E-state index contributed by atoms with van der Waals surface area (Å²) in [6.07, 6.45) is -0.304. The third kappa shape index (κ3) is 4.27. The van der Waals surface area contributed by atoms with Gasteiger partial charge in [0.15, 0.2) is 0 Å². The lowest BCUT2D eigenvalue weighted by Crippen LogP contribution is -2.50. The lowest BCUT2D eigenvalue weighted by Gasteiger charge is -2.42. The average Bonchev–Trinajstić information content (AvgIpc) is 3.49. The third-order valence-electron chi connectivity index (χ3n) is 6.49. The summed E-state index contributed by atoms with van der Waals surface area (Å²) in [5.74, 6) is -0.0352. The molecule has 2 aliphatic carbocycles. The van der Waals surface area contributed by atoms with E-state index in [9.17, 15) is 13.6 Å². The second-order valence-corrected chi connectivity index (χ2v) is 9.53. The highest BCUT2D eigenvalue weighted by molar-refractivity contribution is 6.39. The molecule has 4 nitrogen and oxygen atoms in total. The number of carbonyl (C=O) groups is 1. The Labute approximate surface area is 190 Å². The van der Waals surface area contributed by atoms with Gasteiger partial charge < -0.3 is 9.26 Å². The first-order chi connectivity index (χ1) is 14.8. The quantitative estimate of drug-likeness (QED) is 0.433. The minimum atomic E-state index is -2.71. The van der Waals surface area contributed by atoms with Gasteiger partial charge in [-0.1, -0.05) is 48.3 Å². The molecule has 0 saturated heterocycles. The molecule has 3 unspecified atom stereocenters. The molecule has 0 amide bonds. The van der Waals surface area contributed by atoms with Gasteiger partial charge in [0.2, 0.25) is 0 Å². The van der Waals surface area contributed by atoms with E-state index in [0.29, 0.717) is 39.0 Å².